The van der Waals surface area contributed by atoms with E-state index in [1.807, 2.05) is 19.9 Å². The van der Waals surface area contributed by atoms with Crippen molar-refractivity contribution in [2.45, 2.75) is 20.5 Å². The SMILES string of the molecule is CCN(CC)C(=O)COc1ccc(NC(=O)c2cccc(COC)c2)cc1Cl. The van der Waals surface area contributed by atoms with E-state index in [-0.39, 0.29) is 18.4 Å². The first-order valence-electron chi connectivity index (χ1n) is 9.07. The number of carbonyl (C=O) groups excluding carboxylic acids is 2. The van der Waals surface area contributed by atoms with Crippen molar-refractivity contribution in [1.82, 2.24) is 4.90 Å². The Kier molecular flexibility index (Phi) is 8.29. The van der Waals surface area contributed by atoms with E-state index in [0.717, 1.165) is 5.56 Å². The molecule has 2 aromatic rings. The minimum absolute atomic E-state index is 0.0839. The van der Waals surface area contributed by atoms with E-state index in [4.69, 9.17) is 21.1 Å². The fourth-order valence-corrected chi connectivity index (χ4v) is 2.91. The molecule has 0 heterocycles. The molecule has 1 N–H and O–H groups in total. The number of nitrogens with one attached hydrogen (secondary N) is 1. The predicted octanol–water partition coefficient (Wildman–Crippen LogP) is 3.99. The fraction of sp³-hybridized carbons (Fsp3) is 0.333. The predicted molar refractivity (Wildman–Crippen MR) is 110 cm³/mol. The van der Waals surface area contributed by atoms with Gasteiger partial charge in [0.15, 0.2) is 6.61 Å². The second-order valence-electron chi connectivity index (χ2n) is 6.09. The second kappa shape index (κ2) is 10.7. The van der Waals surface area contributed by atoms with Gasteiger partial charge in [0.2, 0.25) is 0 Å². The summed E-state index contributed by atoms with van der Waals surface area (Å²) < 4.78 is 10.6. The molecule has 0 atom stereocenters. The van der Waals surface area contributed by atoms with Crippen LogP contribution in [0.1, 0.15) is 29.8 Å². The van der Waals surface area contributed by atoms with Crippen molar-refractivity contribution < 1.29 is 19.1 Å². The van der Waals surface area contributed by atoms with E-state index < -0.39 is 0 Å². The van der Waals surface area contributed by atoms with Gasteiger partial charge in [-0.2, -0.15) is 0 Å². The van der Waals surface area contributed by atoms with Gasteiger partial charge in [-0.25, -0.2) is 0 Å². The molecular formula is C21H25ClN2O4. The van der Waals surface area contributed by atoms with Crippen LogP contribution in [0.4, 0.5) is 5.69 Å². The number of carbonyl (C=O) groups is 2. The van der Waals surface area contributed by atoms with Gasteiger partial charge in [0.05, 0.1) is 11.6 Å². The summed E-state index contributed by atoms with van der Waals surface area (Å²) in [4.78, 5) is 26.2. The Morgan fingerprint density at radius 2 is 1.86 bits per heavy atom. The molecule has 0 spiro atoms. The Morgan fingerprint density at radius 3 is 2.50 bits per heavy atom. The van der Waals surface area contributed by atoms with E-state index in [2.05, 4.69) is 5.32 Å². The van der Waals surface area contributed by atoms with Crippen molar-refractivity contribution in [3.63, 3.8) is 0 Å². The fourth-order valence-electron chi connectivity index (χ4n) is 2.68. The van der Waals surface area contributed by atoms with Gasteiger partial charge in [-0.15, -0.1) is 0 Å². The highest BCUT2D eigenvalue weighted by Gasteiger charge is 2.13. The molecule has 28 heavy (non-hydrogen) atoms. The summed E-state index contributed by atoms with van der Waals surface area (Å²) in [5, 5.41) is 3.12. The maximum atomic E-state index is 12.4. The van der Waals surface area contributed by atoms with Crippen molar-refractivity contribution in [3.8, 4) is 5.75 Å². The Morgan fingerprint density at radius 1 is 1.11 bits per heavy atom. The van der Waals surface area contributed by atoms with Gasteiger partial charge in [-0.05, 0) is 49.7 Å². The molecule has 2 aromatic carbocycles. The normalized spacial score (nSPS) is 10.4. The maximum absolute atomic E-state index is 12.4. The number of anilines is 1. The summed E-state index contributed by atoms with van der Waals surface area (Å²) >= 11 is 6.24. The number of methoxy groups -OCH3 is 1. The van der Waals surface area contributed by atoms with Crippen LogP contribution in [0.2, 0.25) is 5.02 Å². The summed E-state index contributed by atoms with van der Waals surface area (Å²) in [5.74, 6) is 0.0380. The largest absolute Gasteiger partial charge is 0.482 e. The quantitative estimate of drug-likeness (QED) is 0.686. The number of likely N-dealkylation sites (N-methyl/N-ethyl adjacent to an activating group) is 1. The van der Waals surface area contributed by atoms with E-state index in [0.29, 0.717) is 41.7 Å². The van der Waals surface area contributed by atoms with Crippen LogP contribution in [0.25, 0.3) is 0 Å². The number of nitrogens with zero attached hydrogens (tertiary/aromatic N) is 1. The second-order valence-corrected chi connectivity index (χ2v) is 6.49. The Bertz CT molecular complexity index is 822. The third-order valence-electron chi connectivity index (χ3n) is 4.16. The van der Waals surface area contributed by atoms with Crippen molar-refractivity contribution in [3.05, 3.63) is 58.6 Å². The maximum Gasteiger partial charge on any atom is 0.260 e. The van der Waals surface area contributed by atoms with Gasteiger partial charge in [0, 0.05) is 31.5 Å². The van der Waals surface area contributed by atoms with Crippen LogP contribution in [0.3, 0.4) is 0 Å². The lowest BCUT2D eigenvalue weighted by Gasteiger charge is -2.19. The average Bonchev–Trinajstić information content (AvgIpc) is 2.69. The van der Waals surface area contributed by atoms with Crippen molar-refractivity contribution in [2.75, 3.05) is 32.1 Å². The first kappa shape index (κ1) is 21.7. The lowest BCUT2D eigenvalue weighted by molar-refractivity contribution is -0.132. The summed E-state index contributed by atoms with van der Waals surface area (Å²) in [7, 11) is 1.61. The summed E-state index contributed by atoms with van der Waals surface area (Å²) in [6.07, 6.45) is 0. The molecule has 0 saturated heterocycles. The summed E-state index contributed by atoms with van der Waals surface area (Å²) in [6, 6.07) is 12.1. The monoisotopic (exact) mass is 404 g/mol. The topological polar surface area (TPSA) is 67.9 Å². The van der Waals surface area contributed by atoms with Crippen LogP contribution in [-0.2, 0) is 16.1 Å². The van der Waals surface area contributed by atoms with Gasteiger partial charge < -0.3 is 19.7 Å². The lowest BCUT2D eigenvalue weighted by Crippen LogP contribution is -2.34. The minimum Gasteiger partial charge on any atom is -0.482 e. The molecule has 0 saturated carbocycles. The highest BCUT2D eigenvalue weighted by Crippen LogP contribution is 2.28. The first-order chi connectivity index (χ1) is 13.5. The molecule has 0 bridgehead atoms. The van der Waals surface area contributed by atoms with Crippen LogP contribution in [0.15, 0.2) is 42.5 Å². The molecule has 0 aliphatic rings. The van der Waals surface area contributed by atoms with Crippen molar-refractivity contribution in [1.29, 1.82) is 0 Å². The van der Waals surface area contributed by atoms with Gasteiger partial charge in [-0.3, -0.25) is 9.59 Å². The highest BCUT2D eigenvalue weighted by molar-refractivity contribution is 6.32. The van der Waals surface area contributed by atoms with Gasteiger partial charge in [0.25, 0.3) is 11.8 Å². The number of halogens is 1. The number of benzene rings is 2. The smallest absolute Gasteiger partial charge is 0.260 e. The van der Waals surface area contributed by atoms with Crippen LogP contribution in [-0.4, -0.2) is 43.5 Å². The van der Waals surface area contributed by atoms with Crippen molar-refractivity contribution in [2.24, 2.45) is 0 Å². The van der Waals surface area contributed by atoms with Gasteiger partial charge in [0.1, 0.15) is 5.75 Å². The number of rotatable bonds is 9. The van der Waals surface area contributed by atoms with Crippen LogP contribution in [0, 0.1) is 0 Å². The molecule has 6 nitrogen and oxygen atoms in total. The van der Waals surface area contributed by atoms with Gasteiger partial charge in [-0.1, -0.05) is 23.7 Å². The highest BCUT2D eigenvalue weighted by atomic mass is 35.5. The molecule has 0 fully saturated rings. The molecule has 0 aliphatic carbocycles. The molecule has 150 valence electrons. The van der Waals surface area contributed by atoms with E-state index >= 15 is 0 Å². The van der Waals surface area contributed by atoms with Gasteiger partial charge >= 0.3 is 0 Å². The summed E-state index contributed by atoms with van der Waals surface area (Å²) in [6.45, 7) is 5.43. The lowest BCUT2D eigenvalue weighted by atomic mass is 10.1. The molecule has 0 unspecified atom stereocenters. The van der Waals surface area contributed by atoms with E-state index in [1.165, 1.54) is 0 Å². The molecule has 2 rings (SSSR count). The molecule has 0 aliphatic heterocycles. The third kappa shape index (κ3) is 5.97. The summed E-state index contributed by atoms with van der Waals surface area (Å²) in [5.41, 5.74) is 1.97. The Hall–Kier alpha value is -2.57. The zero-order valence-corrected chi connectivity index (χ0v) is 17.1. The molecular weight excluding hydrogens is 380 g/mol. The molecule has 0 radical (unpaired) electrons. The Balaban J connectivity index is 2.01. The average molecular weight is 405 g/mol. The molecule has 2 amide bonds. The molecule has 0 aromatic heterocycles. The zero-order valence-electron chi connectivity index (χ0n) is 16.3. The van der Waals surface area contributed by atoms with E-state index in [1.54, 1.807) is 48.4 Å². The zero-order chi connectivity index (χ0) is 20.5. The van der Waals surface area contributed by atoms with E-state index in [9.17, 15) is 9.59 Å². The number of hydrogen-bond acceptors (Lipinski definition) is 4. The number of amides is 2. The number of ether oxygens (including phenoxy) is 2. The van der Waals surface area contributed by atoms with Crippen LogP contribution < -0.4 is 10.1 Å². The van der Waals surface area contributed by atoms with Crippen LogP contribution in [0.5, 0.6) is 5.75 Å². The molecule has 7 heteroatoms. The van der Waals surface area contributed by atoms with Crippen molar-refractivity contribution >= 4 is 29.1 Å². The number of hydrogen-bond donors (Lipinski definition) is 1. The third-order valence-corrected chi connectivity index (χ3v) is 4.45. The Labute approximate surface area is 170 Å². The first-order valence-corrected chi connectivity index (χ1v) is 9.45. The van der Waals surface area contributed by atoms with Crippen LogP contribution >= 0.6 is 11.6 Å². The minimum atomic E-state index is -0.251. The standard InChI is InChI=1S/C21H25ClN2O4/c1-4-24(5-2)20(25)14-28-19-10-9-17(12-18(19)22)23-21(26)16-8-6-7-15(11-16)13-27-3/h6-12H,4-5,13-14H2,1-3H3,(H,23,26).